The first-order valence-corrected chi connectivity index (χ1v) is 15.1. The molecular weight excluding hydrogens is 384 g/mol. The Morgan fingerprint density at radius 1 is 0.562 bits per heavy atom. The van der Waals surface area contributed by atoms with E-state index in [1.165, 1.54) is 89.9 Å². The number of hydrogen-bond donors (Lipinski definition) is 0. The summed E-state index contributed by atoms with van der Waals surface area (Å²) in [6.07, 6.45) is 39.3. The van der Waals surface area contributed by atoms with Gasteiger partial charge in [0, 0.05) is 0 Å². The first-order valence-electron chi connectivity index (χ1n) is 15.1. The molecule has 0 spiro atoms. The summed E-state index contributed by atoms with van der Waals surface area (Å²) in [5.74, 6) is 6.17. The minimum Gasteiger partial charge on any atom is -0.0917 e. The fraction of sp³-hybridized carbons (Fsp3) is 0.875. The Morgan fingerprint density at radius 2 is 1.06 bits per heavy atom. The number of rotatable bonds is 12. The summed E-state index contributed by atoms with van der Waals surface area (Å²) in [6.45, 7) is 4.48. The van der Waals surface area contributed by atoms with Crippen molar-refractivity contribution in [2.24, 2.45) is 35.5 Å². The lowest BCUT2D eigenvalue weighted by atomic mass is 9.68. The standard InChI is InChI=1S/C32H56/c1-3-5-7-11-27-15-17-28(18-16-27)13-9-10-14-30-21-25-32(26-22-30)31-23-19-29(20-24-31)12-8-6-4-2/h3,5,9,13,27-32H,4,6-8,10-12,14-26H2,1-2H3/t27-,28-,29-,30-,31-,32-. The van der Waals surface area contributed by atoms with Crippen molar-refractivity contribution in [2.45, 2.75) is 142 Å². The van der Waals surface area contributed by atoms with Crippen molar-refractivity contribution in [1.29, 1.82) is 0 Å². The summed E-state index contributed by atoms with van der Waals surface area (Å²) < 4.78 is 0. The van der Waals surface area contributed by atoms with Crippen LogP contribution in [0.1, 0.15) is 142 Å². The Kier molecular flexibility index (Phi) is 12.6. The quantitative estimate of drug-likeness (QED) is 0.209. The van der Waals surface area contributed by atoms with Gasteiger partial charge in [0.15, 0.2) is 0 Å². The van der Waals surface area contributed by atoms with Gasteiger partial charge in [-0.1, -0.05) is 82.6 Å². The van der Waals surface area contributed by atoms with Gasteiger partial charge in [0.25, 0.3) is 0 Å². The second kappa shape index (κ2) is 15.4. The van der Waals surface area contributed by atoms with E-state index in [-0.39, 0.29) is 0 Å². The average Bonchev–Trinajstić information content (AvgIpc) is 2.84. The topological polar surface area (TPSA) is 0 Å². The van der Waals surface area contributed by atoms with Crippen molar-refractivity contribution in [2.75, 3.05) is 0 Å². The largest absolute Gasteiger partial charge is 0.0917 e. The minimum absolute atomic E-state index is 0.890. The van der Waals surface area contributed by atoms with E-state index in [1.54, 1.807) is 38.5 Å². The normalized spacial score (nSPS) is 34.4. The molecule has 3 saturated carbocycles. The van der Waals surface area contributed by atoms with Crippen molar-refractivity contribution < 1.29 is 0 Å². The highest BCUT2D eigenvalue weighted by Crippen LogP contribution is 2.43. The fourth-order valence-electron chi connectivity index (χ4n) is 7.37. The molecule has 0 unspecified atom stereocenters. The van der Waals surface area contributed by atoms with E-state index >= 15 is 0 Å². The third-order valence-corrected chi connectivity index (χ3v) is 9.68. The molecule has 0 bridgehead atoms. The second-order valence-electron chi connectivity index (χ2n) is 12.0. The fourth-order valence-corrected chi connectivity index (χ4v) is 7.37. The summed E-state index contributed by atoms with van der Waals surface area (Å²) in [5, 5.41) is 0. The van der Waals surface area contributed by atoms with Crippen LogP contribution in [0.4, 0.5) is 0 Å². The van der Waals surface area contributed by atoms with Crippen molar-refractivity contribution in [3.05, 3.63) is 24.3 Å². The van der Waals surface area contributed by atoms with Crippen LogP contribution in [0.25, 0.3) is 0 Å². The molecule has 0 aromatic heterocycles. The van der Waals surface area contributed by atoms with Crippen LogP contribution < -0.4 is 0 Å². The van der Waals surface area contributed by atoms with Crippen LogP contribution in [-0.4, -0.2) is 0 Å². The van der Waals surface area contributed by atoms with Crippen LogP contribution in [0.2, 0.25) is 0 Å². The van der Waals surface area contributed by atoms with Gasteiger partial charge in [-0.2, -0.15) is 0 Å². The highest BCUT2D eigenvalue weighted by atomic mass is 14.4. The van der Waals surface area contributed by atoms with Crippen molar-refractivity contribution in [3.63, 3.8) is 0 Å². The SMILES string of the molecule is CC=CCC[C@H]1CC[C@H](C=CCC[C@H]2CC[C@H]([C@H]3CC[C@H](CCCCC)CC3)CC2)CC1. The van der Waals surface area contributed by atoms with E-state index in [2.05, 4.69) is 38.2 Å². The molecule has 0 heterocycles. The number of hydrogen-bond acceptors (Lipinski definition) is 0. The summed E-state index contributed by atoms with van der Waals surface area (Å²) >= 11 is 0. The van der Waals surface area contributed by atoms with Gasteiger partial charge in [0.2, 0.25) is 0 Å². The summed E-state index contributed by atoms with van der Waals surface area (Å²) in [7, 11) is 0. The molecule has 0 saturated heterocycles. The van der Waals surface area contributed by atoms with Crippen LogP contribution in [0.3, 0.4) is 0 Å². The molecule has 32 heavy (non-hydrogen) atoms. The molecule has 0 aliphatic heterocycles. The Bertz CT molecular complexity index is 504. The smallest absolute Gasteiger partial charge is 0.0233 e. The molecule has 3 aliphatic rings. The van der Waals surface area contributed by atoms with Gasteiger partial charge in [-0.05, 0) is 119 Å². The Morgan fingerprint density at radius 3 is 1.59 bits per heavy atom. The van der Waals surface area contributed by atoms with Gasteiger partial charge in [-0.15, -0.1) is 0 Å². The van der Waals surface area contributed by atoms with E-state index in [1.807, 2.05) is 0 Å². The maximum atomic E-state index is 2.60. The molecular formula is C32H56. The Hall–Kier alpha value is -0.520. The first-order chi connectivity index (χ1) is 15.8. The monoisotopic (exact) mass is 440 g/mol. The zero-order chi connectivity index (χ0) is 22.4. The van der Waals surface area contributed by atoms with E-state index < -0.39 is 0 Å². The molecule has 0 nitrogen and oxygen atoms in total. The van der Waals surface area contributed by atoms with Gasteiger partial charge in [0.1, 0.15) is 0 Å². The highest BCUT2D eigenvalue weighted by molar-refractivity contribution is 4.92. The zero-order valence-electron chi connectivity index (χ0n) is 21.9. The van der Waals surface area contributed by atoms with Crippen molar-refractivity contribution in [1.82, 2.24) is 0 Å². The summed E-state index contributed by atoms with van der Waals surface area (Å²) in [4.78, 5) is 0. The first kappa shape index (κ1) is 26.1. The van der Waals surface area contributed by atoms with E-state index in [0.717, 1.165) is 35.5 Å². The Balaban J connectivity index is 1.22. The second-order valence-corrected chi connectivity index (χ2v) is 12.0. The third kappa shape index (κ3) is 9.38. The molecule has 0 amide bonds. The van der Waals surface area contributed by atoms with Gasteiger partial charge in [-0.25, -0.2) is 0 Å². The van der Waals surface area contributed by atoms with Crippen LogP contribution >= 0.6 is 0 Å². The van der Waals surface area contributed by atoms with Crippen LogP contribution in [0.5, 0.6) is 0 Å². The van der Waals surface area contributed by atoms with E-state index in [4.69, 9.17) is 0 Å². The molecule has 3 aliphatic carbocycles. The van der Waals surface area contributed by atoms with E-state index in [9.17, 15) is 0 Å². The van der Waals surface area contributed by atoms with Gasteiger partial charge < -0.3 is 0 Å². The predicted octanol–water partition coefficient (Wildman–Crippen LogP) is 10.7. The molecule has 0 radical (unpaired) electrons. The summed E-state index contributed by atoms with van der Waals surface area (Å²) in [6, 6.07) is 0. The highest BCUT2D eigenvalue weighted by Gasteiger charge is 2.30. The maximum absolute atomic E-state index is 2.60. The van der Waals surface area contributed by atoms with Crippen molar-refractivity contribution >= 4 is 0 Å². The molecule has 0 heteroatoms. The molecule has 3 fully saturated rings. The molecule has 0 aromatic rings. The third-order valence-electron chi connectivity index (χ3n) is 9.68. The molecule has 0 aromatic carbocycles. The number of allylic oxidation sites excluding steroid dienone is 4. The molecule has 0 atom stereocenters. The Labute approximate surface area is 202 Å². The molecule has 3 rings (SSSR count). The van der Waals surface area contributed by atoms with Crippen LogP contribution in [0.15, 0.2) is 24.3 Å². The number of unbranched alkanes of at least 4 members (excludes halogenated alkanes) is 2. The minimum atomic E-state index is 0.890. The van der Waals surface area contributed by atoms with Crippen LogP contribution in [0, 0.1) is 35.5 Å². The lowest BCUT2D eigenvalue weighted by Gasteiger charge is -2.38. The molecule has 184 valence electrons. The lowest BCUT2D eigenvalue weighted by Crippen LogP contribution is -2.25. The van der Waals surface area contributed by atoms with E-state index in [0.29, 0.717) is 0 Å². The summed E-state index contributed by atoms with van der Waals surface area (Å²) in [5.41, 5.74) is 0. The van der Waals surface area contributed by atoms with Crippen molar-refractivity contribution in [3.8, 4) is 0 Å². The average molecular weight is 441 g/mol. The van der Waals surface area contributed by atoms with Gasteiger partial charge >= 0.3 is 0 Å². The lowest BCUT2D eigenvalue weighted by molar-refractivity contribution is 0.140. The maximum Gasteiger partial charge on any atom is -0.0233 e. The molecule has 0 N–H and O–H groups in total. The van der Waals surface area contributed by atoms with Gasteiger partial charge in [0.05, 0.1) is 0 Å². The van der Waals surface area contributed by atoms with Gasteiger partial charge in [-0.3, -0.25) is 0 Å². The van der Waals surface area contributed by atoms with Crippen LogP contribution in [-0.2, 0) is 0 Å². The predicted molar refractivity (Wildman–Crippen MR) is 143 cm³/mol. The zero-order valence-corrected chi connectivity index (χ0v) is 21.9.